The van der Waals surface area contributed by atoms with Crippen molar-refractivity contribution in [2.24, 2.45) is 0 Å². The normalized spacial score (nSPS) is 12.9. The number of hydrogen-bond donors (Lipinski definition) is 1. The molecule has 0 aromatic heterocycles. The van der Waals surface area contributed by atoms with Gasteiger partial charge >= 0.3 is 19.8 Å². The summed E-state index contributed by atoms with van der Waals surface area (Å²) >= 11 is 0. The monoisotopic (exact) mass is 887 g/mol. The summed E-state index contributed by atoms with van der Waals surface area (Å²) in [5.41, 5.74) is 1.53. The van der Waals surface area contributed by atoms with Crippen molar-refractivity contribution in [2.45, 2.75) is 148 Å². The van der Waals surface area contributed by atoms with Gasteiger partial charge in [0, 0.05) is 12.2 Å². The third-order valence-corrected chi connectivity index (χ3v) is 11.3. The van der Waals surface area contributed by atoms with Gasteiger partial charge in [-0.05, 0) is 60.4 Å². The molecule has 0 aliphatic carbocycles. The third kappa shape index (κ3) is 30.6. The first kappa shape index (κ1) is 54.7. The predicted octanol–water partition coefficient (Wildman–Crippen LogP) is 12.3. The minimum absolute atomic E-state index is 0.0542. The molecule has 0 radical (unpaired) electrons. The Morgan fingerprint density at radius 2 is 0.919 bits per heavy atom. The quantitative estimate of drug-likeness (QED) is 0.0229. The number of carbonyl (C=O) groups excluding carboxylic acids is 2. The van der Waals surface area contributed by atoms with Crippen LogP contribution in [0.25, 0.3) is 12.2 Å². The average molecular weight is 887 g/mol. The first-order valence-electron chi connectivity index (χ1n) is 23.5. The fourth-order valence-corrected chi connectivity index (χ4v) is 7.31. The summed E-state index contributed by atoms with van der Waals surface area (Å²) in [5, 5.41) is 0. The topological polar surface area (TPSA) is 127 Å². The second kappa shape index (κ2) is 34.0. The summed E-state index contributed by atoms with van der Waals surface area (Å²) in [6, 6.07) is 14.8. The van der Waals surface area contributed by atoms with Gasteiger partial charge in [-0.2, -0.15) is 0 Å². The number of phosphoric acid groups is 1. The second-order valence-electron chi connectivity index (χ2n) is 17.2. The molecule has 1 atom stereocenters. The van der Waals surface area contributed by atoms with E-state index < -0.39 is 39.1 Å². The fourth-order valence-electron chi connectivity index (χ4n) is 6.44. The lowest BCUT2D eigenvalue weighted by Crippen LogP contribution is -2.37. The lowest BCUT2D eigenvalue weighted by molar-refractivity contribution is -0.870. The van der Waals surface area contributed by atoms with Crippen LogP contribution in [0.4, 0.5) is 0 Å². The first-order valence-corrected chi connectivity index (χ1v) is 25.0. The molecule has 2 rings (SSSR count). The van der Waals surface area contributed by atoms with Crippen molar-refractivity contribution >= 4 is 31.9 Å². The lowest BCUT2D eigenvalue weighted by Gasteiger charge is -2.25. The molecule has 2 aromatic carbocycles. The van der Waals surface area contributed by atoms with Crippen molar-refractivity contribution in [3.63, 3.8) is 0 Å². The number of ether oxygens (including phenoxy) is 4. The number of likely N-dealkylation sites (N-methyl/N-ethyl adjacent to an activating group) is 1. The Kier molecular flexibility index (Phi) is 30.0. The van der Waals surface area contributed by atoms with Gasteiger partial charge in [0.1, 0.15) is 44.0 Å². The fraction of sp³-hybridized carbons (Fsp3) is 0.640. The number of nitrogens with zero attached hydrogens (tertiary/aromatic N) is 1. The largest absolute Gasteiger partial charge is 0.494 e. The summed E-state index contributed by atoms with van der Waals surface area (Å²) in [6.45, 7) is 5.28. The summed E-state index contributed by atoms with van der Waals surface area (Å²) in [5.74, 6) is 0.112. The molecule has 0 spiro atoms. The van der Waals surface area contributed by atoms with Crippen molar-refractivity contribution in [3.05, 3.63) is 71.8 Å². The smallest absolute Gasteiger partial charge is 0.472 e. The van der Waals surface area contributed by atoms with E-state index in [1.54, 1.807) is 12.2 Å². The van der Waals surface area contributed by atoms with E-state index in [2.05, 4.69) is 13.8 Å². The highest BCUT2D eigenvalue weighted by molar-refractivity contribution is 7.47. The first-order chi connectivity index (χ1) is 29.9. The van der Waals surface area contributed by atoms with Crippen LogP contribution in [0, 0.1) is 0 Å². The van der Waals surface area contributed by atoms with Gasteiger partial charge in [0.25, 0.3) is 0 Å². The van der Waals surface area contributed by atoms with Crippen molar-refractivity contribution in [1.82, 2.24) is 0 Å². The molecular weight excluding hydrogens is 806 g/mol. The van der Waals surface area contributed by atoms with E-state index in [1.807, 2.05) is 69.7 Å². The van der Waals surface area contributed by atoms with Crippen LogP contribution >= 0.6 is 7.82 Å². The third-order valence-electron chi connectivity index (χ3n) is 10.2. The van der Waals surface area contributed by atoms with Crippen LogP contribution in [-0.4, -0.2) is 88.1 Å². The number of rotatable bonds is 38. The van der Waals surface area contributed by atoms with Gasteiger partial charge in [0.2, 0.25) is 0 Å². The van der Waals surface area contributed by atoms with Crippen molar-refractivity contribution in [3.8, 4) is 11.5 Å². The molecule has 0 heterocycles. The van der Waals surface area contributed by atoms with E-state index in [0.29, 0.717) is 24.2 Å². The van der Waals surface area contributed by atoms with Crippen LogP contribution in [-0.2, 0) is 32.7 Å². The number of unbranched alkanes of at least 4 members (excludes halogenated alkanes) is 18. The van der Waals surface area contributed by atoms with Crippen molar-refractivity contribution < 1.29 is 51.5 Å². The molecule has 62 heavy (non-hydrogen) atoms. The van der Waals surface area contributed by atoms with E-state index in [0.717, 1.165) is 48.3 Å². The molecular formula is C50H81NO10P+. The van der Waals surface area contributed by atoms with Gasteiger partial charge in [0.05, 0.1) is 34.4 Å². The van der Waals surface area contributed by atoms with Gasteiger partial charge in [-0.15, -0.1) is 0 Å². The number of benzene rings is 2. The number of quaternary nitrogens is 1. The summed E-state index contributed by atoms with van der Waals surface area (Å²) in [6.07, 6.45) is 29.8. The highest BCUT2D eigenvalue weighted by Gasteiger charge is 2.29. The molecule has 2 aromatic rings. The molecule has 350 valence electrons. The van der Waals surface area contributed by atoms with Crippen LogP contribution in [0.15, 0.2) is 60.7 Å². The molecule has 12 heteroatoms. The molecule has 1 unspecified atom stereocenters. The zero-order valence-corrected chi connectivity index (χ0v) is 39.8. The van der Waals surface area contributed by atoms with Crippen LogP contribution in [0.3, 0.4) is 0 Å². The minimum Gasteiger partial charge on any atom is -0.494 e. The maximum Gasteiger partial charge on any atom is 0.472 e. The Labute approximate surface area is 374 Å². The molecule has 0 bridgehead atoms. The number of phosphoric ester groups is 1. The van der Waals surface area contributed by atoms with Gasteiger partial charge in [-0.25, -0.2) is 14.2 Å². The van der Waals surface area contributed by atoms with Crippen LogP contribution in [0.2, 0.25) is 0 Å². The second-order valence-corrected chi connectivity index (χ2v) is 18.6. The van der Waals surface area contributed by atoms with Gasteiger partial charge < -0.3 is 28.3 Å². The Morgan fingerprint density at radius 1 is 0.565 bits per heavy atom. The summed E-state index contributed by atoms with van der Waals surface area (Å²) < 4.78 is 46.2. The Morgan fingerprint density at radius 3 is 1.27 bits per heavy atom. The van der Waals surface area contributed by atoms with Gasteiger partial charge in [0.15, 0.2) is 0 Å². The maximum atomic E-state index is 12.8. The Bertz CT molecular complexity index is 1460. The van der Waals surface area contributed by atoms with E-state index in [4.69, 9.17) is 28.0 Å². The number of hydrogen-bond acceptors (Lipinski definition) is 9. The lowest BCUT2D eigenvalue weighted by atomic mass is 10.1. The highest BCUT2D eigenvalue weighted by Crippen LogP contribution is 2.44. The molecule has 0 aliphatic rings. The van der Waals surface area contributed by atoms with E-state index in [1.165, 1.54) is 115 Å². The molecule has 11 nitrogen and oxygen atoms in total. The highest BCUT2D eigenvalue weighted by atomic mass is 31.2. The Hall–Kier alpha value is -3.47. The number of esters is 2. The minimum atomic E-state index is -4.59. The van der Waals surface area contributed by atoms with Gasteiger partial charge in [-0.3, -0.25) is 9.05 Å². The molecule has 0 aliphatic heterocycles. The summed E-state index contributed by atoms with van der Waals surface area (Å²) in [4.78, 5) is 35.7. The SMILES string of the molecule is CCCCCCCCCCCCOc1ccc(/C=C/C(=O)OCC(COC(=O)/C=C/c2ccc(OCCCCCCCCCCCC)cc2)OP(=O)(O)OCC[N+](C)(C)C)cc1. The van der Waals surface area contributed by atoms with Crippen LogP contribution in [0.5, 0.6) is 11.5 Å². The van der Waals surface area contributed by atoms with E-state index >= 15 is 0 Å². The standard InChI is InChI=1S/C50H80NO10P/c1-6-8-10-12-14-16-18-20-22-24-39-56-46-32-26-44(27-33-46)30-36-49(52)58-42-48(61-62(54,55)60-41-38-51(3,4)5)43-59-50(53)37-31-45-28-34-47(35-29-45)57-40-25-23-21-19-17-15-13-11-9-7-2/h26-37,48H,6-25,38-43H2,1-5H3/p+1/b36-30+,37-31+. The molecule has 0 saturated carbocycles. The predicted molar refractivity (Wildman–Crippen MR) is 251 cm³/mol. The summed E-state index contributed by atoms with van der Waals surface area (Å²) in [7, 11) is 1.16. The molecule has 0 amide bonds. The number of carbonyl (C=O) groups is 2. The zero-order chi connectivity index (χ0) is 45.2. The van der Waals surface area contributed by atoms with E-state index in [-0.39, 0.29) is 6.61 Å². The van der Waals surface area contributed by atoms with Crippen molar-refractivity contribution in [2.75, 3.05) is 60.7 Å². The molecule has 0 saturated heterocycles. The molecule has 1 N–H and O–H groups in total. The van der Waals surface area contributed by atoms with Crippen LogP contribution in [0.1, 0.15) is 153 Å². The van der Waals surface area contributed by atoms with Gasteiger partial charge in [-0.1, -0.05) is 154 Å². The van der Waals surface area contributed by atoms with E-state index in [9.17, 15) is 19.0 Å². The Balaban J connectivity index is 1.79. The maximum absolute atomic E-state index is 12.8. The van der Waals surface area contributed by atoms with Crippen molar-refractivity contribution in [1.29, 1.82) is 0 Å². The van der Waals surface area contributed by atoms with Crippen LogP contribution < -0.4 is 9.47 Å². The zero-order valence-electron chi connectivity index (χ0n) is 38.9. The molecule has 0 fully saturated rings. The average Bonchev–Trinajstić information content (AvgIpc) is 3.24.